The van der Waals surface area contributed by atoms with Gasteiger partial charge in [0, 0.05) is 29.9 Å². The quantitative estimate of drug-likeness (QED) is 0.778. The van der Waals surface area contributed by atoms with Crippen molar-refractivity contribution in [2.45, 2.75) is 19.1 Å². The molecule has 126 valence electrons. The minimum Gasteiger partial charge on any atom is -0.457 e. The van der Waals surface area contributed by atoms with Gasteiger partial charge in [0.2, 0.25) is 5.91 Å². The lowest BCUT2D eigenvalue weighted by atomic mass is 10.1. The van der Waals surface area contributed by atoms with E-state index in [0.29, 0.717) is 35.7 Å². The monoisotopic (exact) mass is 328 g/mol. The molecule has 0 radical (unpaired) electrons. The Kier molecular flexibility index (Phi) is 4.42. The maximum atomic E-state index is 11.4. The number of nitrogens with zero attached hydrogens (tertiary/aromatic N) is 1. The van der Waals surface area contributed by atoms with Crippen molar-refractivity contribution in [1.29, 1.82) is 0 Å². The summed E-state index contributed by atoms with van der Waals surface area (Å²) in [6, 6.07) is 12.2. The summed E-state index contributed by atoms with van der Waals surface area (Å²) in [7, 11) is 0. The number of benzene rings is 2. The summed E-state index contributed by atoms with van der Waals surface area (Å²) in [4.78, 5) is 13.4. The van der Waals surface area contributed by atoms with E-state index in [1.807, 2.05) is 24.3 Å². The number of carbonyl (C=O) groups excluding carboxylic acids is 1. The van der Waals surface area contributed by atoms with Gasteiger partial charge in [-0.3, -0.25) is 4.79 Å². The van der Waals surface area contributed by atoms with Crippen LogP contribution in [0.5, 0.6) is 11.5 Å². The van der Waals surface area contributed by atoms with Crippen LogP contribution in [0.1, 0.15) is 28.9 Å². The molecule has 0 unspecified atom stereocenters. The average Bonchev–Trinajstić information content (AvgIpc) is 2.52. The molecule has 1 heterocycles. The predicted molar refractivity (Wildman–Crippen MR) is 90.3 cm³/mol. The molecule has 0 aromatic heterocycles. The third-order valence-corrected chi connectivity index (χ3v) is 4.04. The normalized spacial score (nSPS) is 15.7. The van der Waals surface area contributed by atoms with Gasteiger partial charge in [0.25, 0.3) is 0 Å². The first-order valence-corrected chi connectivity index (χ1v) is 7.77. The molecule has 2 aromatic rings. The van der Waals surface area contributed by atoms with Crippen molar-refractivity contribution in [2.24, 2.45) is 5.73 Å². The topological polar surface area (TPSA) is 96.0 Å². The van der Waals surface area contributed by atoms with Crippen molar-refractivity contribution in [3.63, 3.8) is 0 Å². The van der Waals surface area contributed by atoms with Gasteiger partial charge in [0.1, 0.15) is 11.5 Å². The first-order valence-electron chi connectivity index (χ1n) is 7.77. The van der Waals surface area contributed by atoms with Gasteiger partial charge in [0.05, 0.1) is 12.2 Å². The third-order valence-electron chi connectivity index (χ3n) is 4.04. The van der Waals surface area contributed by atoms with Crippen molar-refractivity contribution in [3.05, 3.63) is 53.6 Å². The van der Waals surface area contributed by atoms with Crippen molar-refractivity contribution < 1.29 is 19.7 Å². The maximum Gasteiger partial charge on any atom is 0.248 e. The van der Waals surface area contributed by atoms with Crippen LogP contribution in [0.15, 0.2) is 42.5 Å². The van der Waals surface area contributed by atoms with Crippen molar-refractivity contribution in [2.75, 3.05) is 18.0 Å². The number of ether oxygens (including phenoxy) is 1. The Balaban J connectivity index is 1.81. The first-order chi connectivity index (χ1) is 11.4. The van der Waals surface area contributed by atoms with Gasteiger partial charge in [-0.25, -0.2) is 0 Å². The smallest absolute Gasteiger partial charge is 0.248 e. The van der Waals surface area contributed by atoms with E-state index in [0.717, 1.165) is 5.69 Å². The van der Waals surface area contributed by atoms with Gasteiger partial charge in [-0.2, -0.15) is 0 Å². The first kappa shape index (κ1) is 16.3. The molecule has 6 nitrogen and oxygen atoms in total. The number of nitrogens with two attached hydrogens (primary N) is 1. The highest BCUT2D eigenvalue weighted by atomic mass is 16.5. The number of aliphatic hydroxyl groups excluding tert-OH is 2. The van der Waals surface area contributed by atoms with Crippen LogP contribution in [-0.4, -0.2) is 35.3 Å². The molecule has 0 bridgehead atoms. The van der Waals surface area contributed by atoms with Crippen LogP contribution in [-0.2, 0) is 0 Å². The van der Waals surface area contributed by atoms with E-state index in [9.17, 15) is 15.0 Å². The number of rotatable bonds is 5. The van der Waals surface area contributed by atoms with E-state index in [1.165, 1.54) is 6.07 Å². The van der Waals surface area contributed by atoms with Crippen LogP contribution < -0.4 is 15.4 Å². The van der Waals surface area contributed by atoms with Crippen LogP contribution in [0, 0.1) is 0 Å². The van der Waals surface area contributed by atoms with E-state index in [-0.39, 0.29) is 6.10 Å². The summed E-state index contributed by atoms with van der Waals surface area (Å²) in [5.74, 6) is 0.431. The Hall–Kier alpha value is -2.57. The summed E-state index contributed by atoms with van der Waals surface area (Å²) in [6.45, 7) is 2.89. The van der Waals surface area contributed by atoms with Gasteiger partial charge in [-0.05, 0) is 43.3 Å². The van der Waals surface area contributed by atoms with Gasteiger partial charge in [0.15, 0.2) is 0 Å². The lowest BCUT2D eigenvalue weighted by molar-refractivity contribution is 0.0999. The van der Waals surface area contributed by atoms with Crippen molar-refractivity contribution >= 4 is 11.6 Å². The van der Waals surface area contributed by atoms with Crippen molar-refractivity contribution in [3.8, 4) is 11.5 Å². The minimum absolute atomic E-state index is 0.258. The number of anilines is 1. The average molecular weight is 328 g/mol. The summed E-state index contributed by atoms with van der Waals surface area (Å²) in [6.07, 6.45) is -0.991. The number of primary amides is 1. The fourth-order valence-corrected chi connectivity index (χ4v) is 2.64. The summed E-state index contributed by atoms with van der Waals surface area (Å²) < 4.78 is 5.83. The highest BCUT2D eigenvalue weighted by Gasteiger charge is 2.24. The van der Waals surface area contributed by atoms with E-state index in [2.05, 4.69) is 4.90 Å². The largest absolute Gasteiger partial charge is 0.457 e. The molecular weight excluding hydrogens is 308 g/mol. The number of carbonyl (C=O) groups is 1. The number of hydrogen-bond acceptors (Lipinski definition) is 5. The Morgan fingerprint density at radius 2 is 1.92 bits per heavy atom. The molecule has 0 aliphatic carbocycles. The summed E-state index contributed by atoms with van der Waals surface area (Å²) >= 11 is 0. The third kappa shape index (κ3) is 3.34. The zero-order valence-electron chi connectivity index (χ0n) is 13.3. The molecule has 1 aliphatic rings. The summed E-state index contributed by atoms with van der Waals surface area (Å²) in [5.41, 5.74) is 7.21. The molecule has 3 rings (SSSR count). The van der Waals surface area contributed by atoms with E-state index < -0.39 is 12.0 Å². The van der Waals surface area contributed by atoms with Crippen LogP contribution >= 0.6 is 0 Å². The predicted octanol–water partition coefficient (Wildman–Crippen LogP) is 1.81. The van der Waals surface area contributed by atoms with Crippen LogP contribution in [0.3, 0.4) is 0 Å². The van der Waals surface area contributed by atoms with Gasteiger partial charge in [-0.1, -0.05) is 6.07 Å². The Labute approximate surface area is 140 Å². The fraction of sp³-hybridized carbons (Fsp3) is 0.278. The van der Waals surface area contributed by atoms with Crippen LogP contribution in [0.25, 0.3) is 0 Å². The highest BCUT2D eigenvalue weighted by Crippen LogP contribution is 2.32. The molecular formula is C18H20N2O4. The van der Waals surface area contributed by atoms with Crippen LogP contribution in [0.4, 0.5) is 5.69 Å². The molecule has 4 N–H and O–H groups in total. The number of aliphatic hydroxyl groups is 2. The lowest BCUT2D eigenvalue weighted by Gasteiger charge is -2.37. The Morgan fingerprint density at radius 3 is 2.46 bits per heavy atom. The second-order valence-electron chi connectivity index (χ2n) is 5.95. The van der Waals surface area contributed by atoms with E-state index in [4.69, 9.17) is 10.5 Å². The minimum atomic E-state index is -0.733. The molecule has 1 fully saturated rings. The molecule has 2 aromatic carbocycles. The molecule has 1 aliphatic heterocycles. The summed E-state index contributed by atoms with van der Waals surface area (Å²) in [5, 5.41) is 19.2. The molecule has 0 spiro atoms. The van der Waals surface area contributed by atoms with Gasteiger partial charge < -0.3 is 25.6 Å². The van der Waals surface area contributed by atoms with Gasteiger partial charge in [-0.15, -0.1) is 0 Å². The Morgan fingerprint density at radius 1 is 1.25 bits per heavy atom. The molecule has 1 amide bonds. The fourth-order valence-electron chi connectivity index (χ4n) is 2.64. The number of β-amino-alcohol motifs (C(OH)–C–C–N with tert-alkyl or cyclic N) is 1. The van der Waals surface area contributed by atoms with Crippen molar-refractivity contribution in [1.82, 2.24) is 0 Å². The molecule has 1 saturated heterocycles. The second-order valence-corrected chi connectivity index (χ2v) is 5.95. The molecule has 1 atom stereocenters. The van der Waals surface area contributed by atoms with E-state index >= 15 is 0 Å². The highest BCUT2D eigenvalue weighted by molar-refractivity contribution is 5.93. The van der Waals surface area contributed by atoms with Crippen LogP contribution in [0.2, 0.25) is 0 Å². The lowest BCUT2D eigenvalue weighted by Crippen LogP contribution is -2.50. The molecule has 6 heteroatoms. The number of hydrogen-bond donors (Lipinski definition) is 3. The molecule has 24 heavy (non-hydrogen) atoms. The zero-order chi connectivity index (χ0) is 17.3. The number of amides is 1. The second kappa shape index (κ2) is 6.51. The standard InChI is InChI=1S/C18H20N2O4/c1-11(21)16-7-2-12(18(19)23)8-17(16)24-15-5-3-13(4-6-15)20-9-14(22)10-20/h2-8,11,14,21-22H,9-10H2,1H3,(H2,19,23)/t11-/m1/s1. The molecule has 0 saturated carbocycles. The van der Waals surface area contributed by atoms with E-state index in [1.54, 1.807) is 19.1 Å². The SMILES string of the molecule is C[C@@H](O)c1ccc(C(N)=O)cc1Oc1ccc(N2CC(O)C2)cc1. The Bertz CT molecular complexity index is 737. The van der Waals surface area contributed by atoms with Gasteiger partial charge >= 0.3 is 0 Å². The maximum absolute atomic E-state index is 11.4. The zero-order valence-corrected chi connectivity index (χ0v) is 13.3.